The van der Waals surface area contributed by atoms with E-state index >= 15 is 0 Å². The van der Waals surface area contributed by atoms with Gasteiger partial charge in [-0.25, -0.2) is 9.31 Å². The van der Waals surface area contributed by atoms with Gasteiger partial charge in [0.1, 0.15) is 5.69 Å². The monoisotopic (exact) mass is 228 g/mol. The van der Waals surface area contributed by atoms with Crippen molar-refractivity contribution >= 4 is 11.5 Å². The van der Waals surface area contributed by atoms with Crippen molar-refractivity contribution in [2.45, 2.75) is 0 Å². The molecule has 0 saturated heterocycles. The smallest absolute Gasteiger partial charge is 0.353 e. The van der Waals surface area contributed by atoms with E-state index in [0.29, 0.717) is 5.69 Å². The van der Waals surface area contributed by atoms with Crippen molar-refractivity contribution in [2.24, 2.45) is 0 Å². The molecule has 3 aromatic rings. The summed E-state index contributed by atoms with van der Waals surface area (Å²) in [4.78, 5) is 10.8. The van der Waals surface area contributed by atoms with Gasteiger partial charge in [-0.1, -0.05) is 6.07 Å². The fourth-order valence-corrected chi connectivity index (χ4v) is 1.70. The molecule has 0 unspecified atom stereocenters. The second kappa shape index (κ2) is 3.44. The summed E-state index contributed by atoms with van der Waals surface area (Å²) in [5.74, 6) is -1.03. The van der Waals surface area contributed by atoms with Crippen molar-refractivity contribution in [1.29, 1.82) is 0 Å². The molecule has 0 aliphatic heterocycles. The summed E-state index contributed by atoms with van der Waals surface area (Å²) in [6, 6.07) is 7.16. The van der Waals surface area contributed by atoms with E-state index in [9.17, 15) is 4.79 Å². The van der Waals surface area contributed by atoms with Crippen LogP contribution in [-0.4, -0.2) is 30.9 Å². The molecule has 6 heteroatoms. The maximum absolute atomic E-state index is 10.8. The van der Waals surface area contributed by atoms with Crippen LogP contribution >= 0.6 is 0 Å². The molecule has 2 N–H and O–H groups in total. The van der Waals surface area contributed by atoms with Crippen molar-refractivity contribution < 1.29 is 9.90 Å². The van der Waals surface area contributed by atoms with E-state index in [1.165, 1.54) is 6.07 Å². The lowest BCUT2D eigenvalue weighted by molar-refractivity contribution is 0.0690. The Balaban J connectivity index is 2.17. The summed E-state index contributed by atoms with van der Waals surface area (Å²) in [5.41, 5.74) is 2.32. The summed E-state index contributed by atoms with van der Waals surface area (Å²) in [5, 5.41) is 19.4. The number of hydrogen-bond acceptors (Lipinski definition) is 3. The van der Waals surface area contributed by atoms with Gasteiger partial charge in [0, 0.05) is 11.8 Å². The molecule has 3 aromatic heterocycles. The molecular weight excluding hydrogens is 220 g/mol. The highest BCUT2D eigenvalue weighted by Crippen LogP contribution is 2.22. The predicted octanol–water partition coefficient (Wildman–Crippen LogP) is 1.42. The quantitative estimate of drug-likeness (QED) is 0.694. The first-order chi connectivity index (χ1) is 8.25. The zero-order valence-corrected chi connectivity index (χ0v) is 8.66. The number of nitrogens with one attached hydrogen (secondary N) is 1. The number of carboxylic acid groups (broad SMARTS) is 1. The number of nitrogens with zero attached hydrogens (tertiary/aromatic N) is 3. The number of rotatable bonds is 2. The van der Waals surface area contributed by atoms with Crippen LogP contribution in [0.15, 0.2) is 36.7 Å². The normalized spacial score (nSPS) is 10.8. The Hall–Kier alpha value is -2.63. The Morgan fingerprint density at radius 2 is 2.29 bits per heavy atom. The lowest BCUT2D eigenvalue weighted by Crippen LogP contribution is -1.95. The van der Waals surface area contributed by atoms with Crippen molar-refractivity contribution in [2.75, 3.05) is 0 Å². The Morgan fingerprint density at radius 1 is 1.41 bits per heavy atom. The van der Waals surface area contributed by atoms with Crippen LogP contribution in [0.2, 0.25) is 0 Å². The Bertz CT molecular complexity index is 698. The van der Waals surface area contributed by atoms with Crippen LogP contribution in [0, 0.1) is 0 Å². The summed E-state index contributed by atoms with van der Waals surface area (Å²) < 4.78 is 1.71. The zero-order chi connectivity index (χ0) is 11.8. The van der Waals surface area contributed by atoms with Gasteiger partial charge < -0.3 is 5.11 Å². The number of carboxylic acids is 1. The lowest BCUT2D eigenvalue weighted by atomic mass is 10.2. The first kappa shape index (κ1) is 9.59. The molecule has 3 rings (SSSR count). The summed E-state index contributed by atoms with van der Waals surface area (Å²) in [6.07, 6.45) is 3.49. The minimum Gasteiger partial charge on any atom is -0.477 e. The fraction of sp³-hybridized carbons (Fsp3) is 0. The number of pyridine rings is 1. The van der Waals surface area contributed by atoms with Crippen LogP contribution in [0.5, 0.6) is 0 Å². The van der Waals surface area contributed by atoms with Crippen molar-refractivity contribution in [1.82, 2.24) is 19.8 Å². The molecule has 0 amide bonds. The number of aromatic amines is 1. The van der Waals surface area contributed by atoms with Gasteiger partial charge in [0.15, 0.2) is 0 Å². The maximum atomic E-state index is 10.8. The number of fused-ring (bicyclic) bond motifs is 1. The number of hydrogen-bond donors (Lipinski definition) is 2. The molecule has 0 aromatic carbocycles. The molecule has 0 aliphatic carbocycles. The average molecular weight is 228 g/mol. The SMILES string of the molecule is O=C(O)c1cc(-c2cnn3ccccc23)n[nH]1. The topological polar surface area (TPSA) is 83.3 Å². The van der Waals surface area contributed by atoms with Crippen molar-refractivity contribution in [3.05, 3.63) is 42.4 Å². The predicted molar refractivity (Wildman–Crippen MR) is 59.7 cm³/mol. The van der Waals surface area contributed by atoms with Gasteiger partial charge in [-0.3, -0.25) is 5.10 Å². The first-order valence-electron chi connectivity index (χ1n) is 4.97. The summed E-state index contributed by atoms with van der Waals surface area (Å²) in [6.45, 7) is 0. The van der Waals surface area contributed by atoms with Crippen LogP contribution in [0.25, 0.3) is 16.8 Å². The summed E-state index contributed by atoms with van der Waals surface area (Å²) >= 11 is 0. The van der Waals surface area contributed by atoms with Crippen LogP contribution in [0.3, 0.4) is 0 Å². The Kier molecular flexibility index (Phi) is 1.94. The lowest BCUT2D eigenvalue weighted by Gasteiger charge is -1.93. The number of aromatic carboxylic acids is 1. The highest BCUT2D eigenvalue weighted by atomic mass is 16.4. The molecule has 0 atom stereocenters. The zero-order valence-electron chi connectivity index (χ0n) is 8.66. The molecule has 0 bridgehead atoms. The van der Waals surface area contributed by atoms with E-state index in [1.807, 2.05) is 24.4 Å². The first-order valence-corrected chi connectivity index (χ1v) is 4.97. The molecule has 0 radical (unpaired) electrons. The molecule has 84 valence electrons. The van der Waals surface area contributed by atoms with Gasteiger partial charge in [-0.05, 0) is 18.2 Å². The third-order valence-electron chi connectivity index (χ3n) is 2.51. The maximum Gasteiger partial charge on any atom is 0.353 e. The van der Waals surface area contributed by atoms with E-state index in [-0.39, 0.29) is 5.69 Å². The molecule has 0 fully saturated rings. The molecule has 6 nitrogen and oxygen atoms in total. The highest BCUT2D eigenvalue weighted by Gasteiger charge is 2.12. The van der Waals surface area contributed by atoms with Gasteiger partial charge in [0.2, 0.25) is 0 Å². The number of aromatic nitrogens is 4. The third-order valence-corrected chi connectivity index (χ3v) is 2.51. The Labute approximate surface area is 95.5 Å². The Morgan fingerprint density at radius 3 is 3.06 bits per heavy atom. The third kappa shape index (κ3) is 1.46. The number of H-pyrrole nitrogens is 1. The van der Waals surface area contributed by atoms with Crippen molar-refractivity contribution in [3.63, 3.8) is 0 Å². The van der Waals surface area contributed by atoms with Gasteiger partial charge in [-0.2, -0.15) is 10.2 Å². The van der Waals surface area contributed by atoms with E-state index in [1.54, 1.807) is 10.7 Å². The summed E-state index contributed by atoms with van der Waals surface area (Å²) in [7, 11) is 0. The average Bonchev–Trinajstić information content (AvgIpc) is 2.95. The van der Waals surface area contributed by atoms with E-state index in [0.717, 1.165) is 11.1 Å². The van der Waals surface area contributed by atoms with Crippen LogP contribution in [0.4, 0.5) is 0 Å². The standard InChI is InChI=1S/C11H8N4O2/c16-11(17)9-5-8(13-14-9)7-6-12-15-4-2-1-3-10(7)15/h1-6H,(H,13,14)(H,16,17). The van der Waals surface area contributed by atoms with E-state index in [4.69, 9.17) is 5.11 Å². The highest BCUT2D eigenvalue weighted by molar-refractivity contribution is 5.88. The van der Waals surface area contributed by atoms with Crippen LogP contribution < -0.4 is 0 Å². The molecule has 0 aliphatic rings. The minimum absolute atomic E-state index is 0.0651. The van der Waals surface area contributed by atoms with E-state index < -0.39 is 5.97 Å². The molecule has 0 spiro atoms. The van der Waals surface area contributed by atoms with Crippen molar-refractivity contribution in [3.8, 4) is 11.3 Å². The molecule has 3 heterocycles. The number of carbonyl (C=O) groups is 1. The minimum atomic E-state index is -1.03. The fourth-order valence-electron chi connectivity index (χ4n) is 1.70. The van der Waals surface area contributed by atoms with Crippen LogP contribution in [-0.2, 0) is 0 Å². The van der Waals surface area contributed by atoms with Gasteiger partial charge in [0.25, 0.3) is 0 Å². The van der Waals surface area contributed by atoms with E-state index in [2.05, 4.69) is 15.3 Å². The molecule has 0 saturated carbocycles. The van der Waals surface area contributed by atoms with Crippen LogP contribution in [0.1, 0.15) is 10.5 Å². The molecule has 17 heavy (non-hydrogen) atoms. The van der Waals surface area contributed by atoms with Gasteiger partial charge >= 0.3 is 5.97 Å². The van der Waals surface area contributed by atoms with Gasteiger partial charge in [-0.15, -0.1) is 0 Å². The molecular formula is C11H8N4O2. The van der Waals surface area contributed by atoms with Gasteiger partial charge in [0.05, 0.1) is 17.4 Å². The largest absolute Gasteiger partial charge is 0.477 e. The second-order valence-electron chi connectivity index (χ2n) is 3.56. The second-order valence-corrected chi connectivity index (χ2v) is 3.56.